The van der Waals surface area contributed by atoms with Crippen LogP contribution in [0.4, 0.5) is 5.69 Å². The molecular formula is C16H27N3O. The van der Waals surface area contributed by atoms with E-state index in [0.29, 0.717) is 13.0 Å². The number of nitrogens with two attached hydrogens (primary N) is 2. The number of rotatable bonds is 9. The van der Waals surface area contributed by atoms with Gasteiger partial charge in [-0.25, -0.2) is 0 Å². The molecule has 0 bridgehead atoms. The van der Waals surface area contributed by atoms with Crippen molar-refractivity contribution in [3.8, 4) is 0 Å². The number of primary amides is 1. The van der Waals surface area contributed by atoms with Crippen LogP contribution in [0, 0.1) is 6.92 Å². The summed E-state index contributed by atoms with van der Waals surface area (Å²) in [6.45, 7) is 6.83. The van der Waals surface area contributed by atoms with E-state index in [1.165, 1.54) is 16.8 Å². The highest BCUT2D eigenvalue weighted by Crippen LogP contribution is 2.20. The van der Waals surface area contributed by atoms with E-state index in [-0.39, 0.29) is 5.91 Å². The zero-order valence-corrected chi connectivity index (χ0v) is 12.7. The SMILES string of the molecule is CCCN(CCCC(N)=O)c1ccc(CCN)c(C)c1. The zero-order chi connectivity index (χ0) is 15.0. The lowest BCUT2D eigenvalue weighted by atomic mass is 10.0. The van der Waals surface area contributed by atoms with Crippen LogP contribution in [0.25, 0.3) is 0 Å². The highest BCUT2D eigenvalue weighted by atomic mass is 16.1. The lowest BCUT2D eigenvalue weighted by molar-refractivity contribution is -0.118. The summed E-state index contributed by atoms with van der Waals surface area (Å²) in [7, 11) is 0. The second-order valence-corrected chi connectivity index (χ2v) is 5.21. The second-order valence-electron chi connectivity index (χ2n) is 5.21. The maximum atomic E-state index is 10.8. The first kappa shape index (κ1) is 16.5. The zero-order valence-electron chi connectivity index (χ0n) is 12.7. The summed E-state index contributed by atoms with van der Waals surface area (Å²) in [4.78, 5) is 13.2. The van der Waals surface area contributed by atoms with E-state index < -0.39 is 0 Å². The molecule has 0 spiro atoms. The molecule has 0 heterocycles. The van der Waals surface area contributed by atoms with Crippen LogP contribution in [0.1, 0.15) is 37.3 Å². The number of anilines is 1. The minimum absolute atomic E-state index is 0.226. The number of benzene rings is 1. The van der Waals surface area contributed by atoms with Gasteiger partial charge in [0, 0.05) is 25.2 Å². The van der Waals surface area contributed by atoms with E-state index in [4.69, 9.17) is 11.5 Å². The molecule has 0 radical (unpaired) electrons. The summed E-state index contributed by atoms with van der Waals surface area (Å²) < 4.78 is 0. The summed E-state index contributed by atoms with van der Waals surface area (Å²) in [6, 6.07) is 6.52. The molecule has 1 amide bonds. The second kappa shape index (κ2) is 8.59. The molecule has 0 saturated heterocycles. The van der Waals surface area contributed by atoms with Gasteiger partial charge in [0.1, 0.15) is 0 Å². The minimum Gasteiger partial charge on any atom is -0.372 e. The third-order valence-electron chi connectivity index (χ3n) is 3.45. The van der Waals surface area contributed by atoms with Gasteiger partial charge in [-0.1, -0.05) is 13.0 Å². The first-order valence-corrected chi connectivity index (χ1v) is 7.41. The predicted molar refractivity (Wildman–Crippen MR) is 84.9 cm³/mol. The summed E-state index contributed by atoms with van der Waals surface area (Å²) in [5, 5.41) is 0. The van der Waals surface area contributed by atoms with Gasteiger partial charge in [0.2, 0.25) is 5.91 Å². The van der Waals surface area contributed by atoms with Crippen molar-refractivity contribution in [1.82, 2.24) is 0 Å². The van der Waals surface area contributed by atoms with Gasteiger partial charge in [-0.3, -0.25) is 4.79 Å². The molecule has 112 valence electrons. The highest BCUT2D eigenvalue weighted by molar-refractivity contribution is 5.73. The molecule has 0 aliphatic rings. The molecule has 20 heavy (non-hydrogen) atoms. The molecule has 0 unspecified atom stereocenters. The van der Waals surface area contributed by atoms with Crippen molar-refractivity contribution >= 4 is 11.6 Å². The molecule has 4 N–H and O–H groups in total. The van der Waals surface area contributed by atoms with Crippen molar-refractivity contribution in [3.05, 3.63) is 29.3 Å². The molecule has 0 saturated carbocycles. The fraction of sp³-hybridized carbons (Fsp3) is 0.562. The van der Waals surface area contributed by atoms with E-state index in [2.05, 4.69) is 36.9 Å². The highest BCUT2D eigenvalue weighted by Gasteiger charge is 2.08. The Morgan fingerprint density at radius 2 is 2.05 bits per heavy atom. The van der Waals surface area contributed by atoms with E-state index >= 15 is 0 Å². The molecule has 1 aromatic carbocycles. The number of nitrogens with zero attached hydrogens (tertiary/aromatic N) is 1. The largest absolute Gasteiger partial charge is 0.372 e. The lowest BCUT2D eigenvalue weighted by Crippen LogP contribution is -2.26. The maximum absolute atomic E-state index is 10.8. The minimum atomic E-state index is -0.226. The third kappa shape index (κ3) is 5.21. The van der Waals surface area contributed by atoms with Gasteiger partial charge in [0.15, 0.2) is 0 Å². The molecular weight excluding hydrogens is 250 g/mol. The van der Waals surface area contributed by atoms with Crippen LogP contribution in [0.3, 0.4) is 0 Å². The van der Waals surface area contributed by atoms with Crippen molar-refractivity contribution < 1.29 is 4.79 Å². The quantitative estimate of drug-likeness (QED) is 0.725. The van der Waals surface area contributed by atoms with Gasteiger partial charge in [-0.05, 0) is 56.0 Å². The van der Waals surface area contributed by atoms with E-state index in [1.807, 2.05) is 0 Å². The normalized spacial score (nSPS) is 10.6. The standard InChI is InChI=1S/C16H27N3O/c1-3-10-19(11-4-5-16(18)20)15-7-6-14(8-9-17)13(2)12-15/h6-7,12H,3-5,8-11,17H2,1-2H3,(H2,18,20). The van der Waals surface area contributed by atoms with Crippen molar-refractivity contribution in [2.45, 2.75) is 39.5 Å². The molecule has 1 rings (SSSR count). The topological polar surface area (TPSA) is 72.3 Å². The van der Waals surface area contributed by atoms with Crippen LogP contribution in [-0.4, -0.2) is 25.5 Å². The first-order chi connectivity index (χ1) is 9.58. The van der Waals surface area contributed by atoms with Crippen LogP contribution in [-0.2, 0) is 11.2 Å². The van der Waals surface area contributed by atoms with Gasteiger partial charge in [0.25, 0.3) is 0 Å². The first-order valence-electron chi connectivity index (χ1n) is 7.41. The number of hydrogen-bond acceptors (Lipinski definition) is 3. The molecule has 0 aromatic heterocycles. The van der Waals surface area contributed by atoms with Gasteiger partial charge in [0.05, 0.1) is 0 Å². The van der Waals surface area contributed by atoms with Crippen LogP contribution < -0.4 is 16.4 Å². The Bertz CT molecular complexity index is 432. The van der Waals surface area contributed by atoms with Gasteiger partial charge in [-0.2, -0.15) is 0 Å². The van der Waals surface area contributed by atoms with Crippen molar-refractivity contribution in [3.63, 3.8) is 0 Å². The Hall–Kier alpha value is -1.55. The fourth-order valence-corrected chi connectivity index (χ4v) is 2.40. The van der Waals surface area contributed by atoms with Crippen LogP contribution in [0.2, 0.25) is 0 Å². The lowest BCUT2D eigenvalue weighted by Gasteiger charge is -2.25. The Labute approximate surface area is 122 Å². The van der Waals surface area contributed by atoms with Gasteiger partial charge < -0.3 is 16.4 Å². The molecule has 1 aromatic rings. The van der Waals surface area contributed by atoms with Crippen LogP contribution in [0.15, 0.2) is 18.2 Å². The third-order valence-corrected chi connectivity index (χ3v) is 3.45. The van der Waals surface area contributed by atoms with Crippen molar-refractivity contribution in [1.29, 1.82) is 0 Å². The Balaban J connectivity index is 2.75. The average Bonchev–Trinajstić information content (AvgIpc) is 2.40. The number of carbonyl (C=O) groups is 1. The Kier molecular flexibility index (Phi) is 7.09. The Morgan fingerprint density at radius 3 is 2.60 bits per heavy atom. The average molecular weight is 277 g/mol. The molecule has 0 aliphatic heterocycles. The monoisotopic (exact) mass is 277 g/mol. The summed E-state index contributed by atoms with van der Waals surface area (Å²) in [5.74, 6) is -0.226. The molecule has 4 nitrogen and oxygen atoms in total. The number of hydrogen-bond donors (Lipinski definition) is 2. The fourth-order valence-electron chi connectivity index (χ4n) is 2.40. The molecule has 4 heteroatoms. The predicted octanol–water partition coefficient (Wildman–Crippen LogP) is 1.98. The number of aryl methyl sites for hydroxylation is 1. The van der Waals surface area contributed by atoms with Crippen LogP contribution in [0.5, 0.6) is 0 Å². The molecule has 0 aliphatic carbocycles. The van der Waals surface area contributed by atoms with E-state index in [9.17, 15) is 4.79 Å². The summed E-state index contributed by atoms with van der Waals surface area (Å²) in [6.07, 6.45) is 3.26. The molecule has 0 atom stereocenters. The van der Waals surface area contributed by atoms with Gasteiger partial charge >= 0.3 is 0 Å². The van der Waals surface area contributed by atoms with Gasteiger partial charge in [-0.15, -0.1) is 0 Å². The van der Waals surface area contributed by atoms with Crippen molar-refractivity contribution in [2.24, 2.45) is 11.5 Å². The number of carbonyl (C=O) groups excluding carboxylic acids is 1. The summed E-state index contributed by atoms with van der Waals surface area (Å²) >= 11 is 0. The smallest absolute Gasteiger partial charge is 0.217 e. The number of amides is 1. The van der Waals surface area contributed by atoms with Crippen LogP contribution >= 0.6 is 0 Å². The van der Waals surface area contributed by atoms with E-state index in [0.717, 1.165) is 32.4 Å². The Morgan fingerprint density at radius 1 is 1.30 bits per heavy atom. The molecule has 0 fully saturated rings. The maximum Gasteiger partial charge on any atom is 0.217 e. The van der Waals surface area contributed by atoms with E-state index in [1.54, 1.807) is 0 Å². The summed E-state index contributed by atoms with van der Waals surface area (Å²) in [5.41, 5.74) is 14.6. The van der Waals surface area contributed by atoms with Crippen molar-refractivity contribution in [2.75, 3.05) is 24.5 Å².